The van der Waals surface area contributed by atoms with E-state index in [1.54, 1.807) is 6.07 Å². The highest BCUT2D eigenvalue weighted by molar-refractivity contribution is 5.88. The SMILES string of the molecule is O=C(O)c1ccc(N2CCOC3CCCCC32)cc1F. The summed E-state index contributed by atoms with van der Waals surface area (Å²) in [5, 5.41) is 8.88. The van der Waals surface area contributed by atoms with E-state index in [9.17, 15) is 9.18 Å². The third-order valence-corrected chi connectivity index (χ3v) is 4.25. The lowest BCUT2D eigenvalue weighted by Crippen LogP contribution is -2.52. The Morgan fingerprint density at radius 1 is 1.35 bits per heavy atom. The van der Waals surface area contributed by atoms with Crippen molar-refractivity contribution in [3.05, 3.63) is 29.6 Å². The van der Waals surface area contributed by atoms with Crippen molar-refractivity contribution in [2.75, 3.05) is 18.1 Å². The molecule has 1 aromatic rings. The van der Waals surface area contributed by atoms with E-state index >= 15 is 0 Å². The molecule has 4 nitrogen and oxygen atoms in total. The first-order chi connectivity index (χ1) is 9.66. The molecule has 1 heterocycles. The van der Waals surface area contributed by atoms with Gasteiger partial charge < -0.3 is 14.7 Å². The van der Waals surface area contributed by atoms with Crippen molar-refractivity contribution in [3.63, 3.8) is 0 Å². The summed E-state index contributed by atoms with van der Waals surface area (Å²) in [4.78, 5) is 13.0. The number of carbonyl (C=O) groups is 1. The molecule has 5 heteroatoms. The largest absolute Gasteiger partial charge is 0.478 e. The van der Waals surface area contributed by atoms with Crippen molar-refractivity contribution < 1.29 is 19.0 Å². The molecule has 2 fully saturated rings. The van der Waals surface area contributed by atoms with Gasteiger partial charge in [-0.15, -0.1) is 0 Å². The first-order valence-corrected chi connectivity index (χ1v) is 7.08. The average Bonchev–Trinajstić information content (AvgIpc) is 2.46. The number of hydrogen-bond donors (Lipinski definition) is 1. The van der Waals surface area contributed by atoms with Gasteiger partial charge in [-0.05, 0) is 31.0 Å². The van der Waals surface area contributed by atoms with Crippen LogP contribution in [0, 0.1) is 5.82 Å². The predicted octanol–water partition coefficient (Wildman–Crippen LogP) is 2.67. The Morgan fingerprint density at radius 3 is 2.90 bits per heavy atom. The summed E-state index contributed by atoms with van der Waals surface area (Å²) in [5.41, 5.74) is 0.481. The second-order valence-corrected chi connectivity index (χ2v) is 5.42. The summed E-state index contributed by atoms with van der Waals surface area (Å²) in [6.45, 7) is 1.37. The van der Waals surface area contributed by atoms with Crippen LogP contribution >= 0.6 is 0 Å². The predicted molar refractivity (Wildman–Crippen MR) is 72.7 cm³/mol. The number of halogens is 1. The Labute approximate surface area is 117 Å². The number of benzene rings is 1. The van der Waals surface area contributed by atoms with Crippen LogP contribution in [0.3, 0.4) is 0 Å². The molecule has 1 aromatic carbocycles. The van der Waals surface area contributed by atoms with Crippen LogP contribution < -0.4 is 4.90 Å². The number of nitrogens with zero attached hydrogens (tertiary/aromatic N) is 1. The summed E-state index contributed by atoms with van der Waals surface area (Å²) in [7, 11) is 0. The van der Waals surface area contributed by atoms with Crippen LogP contribution in [0.5, 0.6) is 0 Å². The van der Waals surface area contributed by atoms with E-state index in [1.165, 1.54) is 18.6 Å². The van der Waals surface area contributed by atoms with Gasteiger partial charge in [0, 0.05) is 12.2 Å². The van der Waals surface area contributed by atoms with Gasteiger partial charge in [0.2, 0.25) is 0 Å². The second-order valence-electron chi connectivity index (χ2n) is 5.42. The molecule has 1 aliphatic carbocycles. The molecule has 2 atom stereocenters. The zero-order chi connectivity index (χ0) is 14.1. The first kappa shape index (κ1) is 13.4. The monoisotopic (exact) mass is 279 g/mol. The van der Waals surface area contributed by atoms with Crippen molar-refractivity contribution in [3.8, 4) is 0 Å². The minimum Gasteiger partial charge on any atom is -0.478 e. The normalized spacial score (nSPS) is 26.1. The summed E-state index contributed by atoms with van der Waals surface area (Å²) < 4.78 is 19.6. The topological polar surface area (TPSA) is 49.8 Å². The summed E-state index contributed by atoms with van der Waals surface area (Å²) in [6, 6.07) is 4.66. The quantitative estimate of drug-likeness (QED) is 0.904. The molecule has 0 radical (unpaired) electrons. The fourth-order valence-corrected chi connectivity index (χ4v) is 3.27. The minimum atomic E-state index is -1.23. The van der Waals surface area contributed by atoms with Crippen LogP contribution in [-0.2, 0) is 4.74 Å². The average molecular weight is 279 g/mol. The number of aromatic carboxylic acids is 1. The van der Waals surface area contributed by atoms with Crippen LogP contribution in [0.15, 0.2) is 18.2 Å². The molecule has 3 rings (SSSR count). The molecule has 0 amide bonds. The van der Waals surface area contributed by atoms with E-state index < -0.39 is 11.8 Å². The molecule has 0 spiro atoms. The fourth-order valence-electron chi connectivity index (χ4n) is 3.27. The number of fused-ring (bicyclic) bond motifs is 1. The number of carboxylic acid groups (broad SMARTS) is 1. The molecule has 108 valence electrons. The lowest BCUT2D eigenvalue weighted by molar-refractivity contribution is -0.00870. The molecular formula is C15H18FNO3. The highest BCUT2D eigenvalue weighted by atomic mass is 19.1. The highest BCUT2D eigenvalue weighted by Gasteiger charge is 2.34. The zero-order valence-corrected chi connectivity index (χ0v) is 11.2. The first-order valence-electron chi connectivity index (χ1n) is 7.08. The van der Waals surface area contributed by atoms with Gasteiger partial charge in [-0.2, -0.15) is 0 Å². The zero-order valence-electron chi connectivity index (χ0n) is 11.2. The van der Waals surface area contributed by atoms with Gasteiger partial charge in [0.05, 0.1) is 24.3 Å². The maximum absolute atomic E-state index is 13.8. The smallest absolute Gasteiger partial charge is 0.338 e. The van der Waals surface area contributed by atoms with Gasteiger partial charge >= 0.3 is 5.97 Å². The summed E-state index contributed by atoms with van der Waals surface area (Å²) in [6.07, 6.45) is 4.67. The number of anilines is 1. The van der Waals surface area contributed by atoms with Gasteiger partial charge in [-0.1, -0.05) is 12.8 Å². The van der Waals surface area contributed by atoms with Crippen LogP contribution in [0.25, 0.3) is 0 Å². The number of carboxylic acids is 1. The molecule has 20 heavy (non-hydrogen) atoms. The Kier molecular flexibility index (Phi) is 3.61. The fraction of sp³-hybridized carbons (Fsp3) is 0.533. The second kappa shape index (κ2) is 5.40. The molecule has 1 N–H and O–H groups in total. The van der Waals surface area contributed by atoms with E-state index in [0.717, 1.165) is 31.5 Å². The molecule has 1 saturated carbocycles. The minimum absolute atomic E-state index is 0.222. The molecule has 1 saturated heterocycles. The molecule has 0 bridgehead atoms. The standard InChI is InChI=1S/C15H18FNO3/c16-12-9-10(5-6-11(12)15(18)19)17-7-8-20-14-4-2-1-3-13(14)17/h5-6,9,13-14H,1-4,7-8H2,(H,18,19). The molecule has 2 aliphatic rings. The van der Waals surface area contributed by atoms with Crippen LogP contribution in [-0.4, -0.2) is 36.4 Å². The van der Waals surface area contributed by atoms with E-state index in [-0.39, 0.29) is 17.7 Å². The lowest BCUT2D eigenvalue weighted by atomic mass is 9.89. The third-order valence-electron chi connectivity index (χ3n) is 4.25. The summed E-state index contributed by atoms with van der Waals surface area (Å²) >= 11 is 0. The van der Waals surface area contributed by atoms with Crippen molar-refractivity contribution in [2.24, 2.45) is 0 Å². The Hall–Kier alpha value is -1.62. The van der Waals surface area contributed by atoms with Crippen LogP contribution in [0.4, 0.5) is 10.1 Å². The van der Waals surface area contributed by atoms with E-state index in [1.807, 2.05) is 0 Å². The highest BCUT2D eigenvalue weighted by Crippen LogP contribution is 2.32. The Bertz CT molecular complexity index is 518. The van der Waals surface area contributed by atoms with Gasteiger partial charge in [0.1, 0.15) is 5.82 Å². The third kappa shape index (κ3) is 2.38. The Morgan fingerprint density at radius 2 is 2.15 bits per heavy atom. The van der Waals surface area contributed by atoms with Crippen molar-refractivity contribution in [1.29, 1.82) is 0 Å². The Balaban J connectivity index is 1.87. The van der Waals surface area contributed by atoms with Crippen molar-refractivity contribution in [2.45, 2.75) is 37.8 Å². The van der Waals surface area contributed by atoms with E-state index in [4.69, 9.17) is 9.84 Å². The van der Waals surface area contributed by atoms with Gasteiger partial charge in [0.15, 0.2) is 0 Å². The van der Waals surface area contributed by atoms with Crippen molar-refractivity contribution >= 4 is 11.7 Å². The molecule has 0 aromatic heterocycles. The van der Waals surface area contributed by atoms with Gasteiger partial charge in [0.25, 0.3) is 0 Å². The maximum atomic E-state index is 13.8. The molecule has 2 unspecified atom stereocenters. The van der Waals surface area contributed by atoms with E-state index in [2.05, 4.69) is 4.90 Å². The van der Waals surface area contributed by atoms with E-state index in [0.29, 0.717) is 6.61 Å². The number of rotatable bonds is 2. The van der Waals surface area contributed by atoms with Gasteiger partial charge in [-0.3, -0.25) is 0 Å². The summed E-state index contributed by atoms with van der Waals surface area (Å²) in [5.74, 6) is -1.90. The maximum Gasteiger partial charge on any atom is 0.338 e. The lowest BCUT2D eigenvalue weighted by Gasteiger charge is -2.45. The van der Waals surface area contributed by atoms with Crippen LogP contribution in [0.2, 0.25) is 0 Å². The van der Waals surface area contributed by atoms with Crippen molar-refractivity contribution in [1.82, 2.24) is 0 Å². The number of ether oxygens (including phenoxy) is 1. The van der Waals surface area contributed by atoms with Gasteiger partial charge in [-0.25, -0.2) is 9.18 Å². The van der Waals surface area contributed by atoms with Crippen LogP contribution in [0.1, 0.15) is 36.0 Å². The molecule has 1 aliphatic heterocycles. The molecular weight excluding hydrogens is 261 g/mol. The number of hydrogen-bond acceptors (Lipinski definition) is 3. The number of morpholine rings is 1.